The van der Waals surface area contributed by atoms with Gasteiger partial charge in [0.05, 0.1) is 10.6 Å². The highest BCUT2D eigenvalue weighted by Crippen LogP contribution is 2.36. The van der Waals surface area contributed by atoms with Crippen LogP contribution in [0, 0.1) is 24.1 Å². The van der Waals surface area contributed by atoms with Crippen LogP contribution in [0.25, 0.3) is 6.08 Å². The third-order valence-electron chi connectivity index (χ3n) is 6.86. The van der Waals surface area contributed by atoms with Crippen molar-refractivity contribution >= 4 is 57.8 Å². The first kappa shape index (κ1) is 28.3. The van der Waals surface area contributed by atoms with Gasteiger partial charge < -0.3 is 14.9 Å². The lowest BCUT2D eigenvalue weighted by atomic mass is 10.0. The van der Waals surface area contributed by atoms with Crippen molar-refractivity contribution < 1.29 is 19.1 Å². The molecule has 0 spiro atoms. The van der Waals surface area contributed by atoms with E-state index in [2.05, 4.69) is 0 Å². The Balaban J connectivity index is 1.71. The van der Waals surface area contributed by atoms with Gasteiger partial charge in [-0.3, -0.25) is 23.9 Å². The van der Waals surface area contributed by atoms with E-state index in [0.717, 1.165) is 11.8 Å². The molecule has 12 heteroatoms. The fourth-order valence-corrected chi connectivity index (χ4v) is 6.15. The summed E-state index contributed by atoms with van der Waals surface area (Å²) in [6.07, 6.45) is 1.87. The van der Waals surface area contributed by atoms with Crippen molar-refractivity contribution in [3.05, 3.63) is 62.0 Å². The minimum absolute atomic E-state index is 0.00813. The molecule has 0 radical (unpaired) electrons. The third kappa shape index (κ3) is 5.69. The highest BCUT2D eigenvalue weighted by atomic mass is 32.2. The van der Waals surface area contributed by atoms with Crippen molar-refractivity contribution in [1.29, 1.82) is 5.26 Å². The number of aliphatic carboxylic acids is 1. The molecule has 2 fully saturated rings. The normalized spacial score (nSPS) is 16.8. The van der Waals surface area contributed by atoms with Crippen LogP contribution in [0.5, 0.6) is 0 Å². The van der Waals surface area contributed by atoms with Gasteiger partial charge in [0.15, 0.2) is 0 Å². The fourth-order valence-electron chi connectivity index (χ4n) is 4.86. The molecule has 4 rings (SSSR count). The zero-order chi connectivity index (χ0) is 28.3. The van der Waals surface area contributed by atoms with Crippen molar-refractivity contribution in [3.63, 3.8) is 0 Å². The number of nitrogens with zero attached hydrogens (tertiary/aromatic N) is 5. The number of piperazine rings is 1. The van der Waals surface area contributed by atoms with Crippen molar-refractivity contribution in [2.45, 2.75) is 33.2 Å². The number of carbonyl (C=O) groups is 2. The van der Waals surface area contributed by atoms with Gasteiger partial charge in [0.1, 0.15) is 27.6 Å². The monoisotopic (exact) mass is 569 g/mol. The van der Waals surface area contributed by atoms with Crippen LogP contribution >= 0.6 is 24.0 Å². The minimum Gasteiger partial charge on any atom is -0.481 e. The van der Waals surface area contributed by atoms with E-state index in [9.17, 15) is 24.0 Å². The summed E-state index contributed by atoms with van der Waals surface area (Å²) in [4.78, 5) is 43.1. The van der Waals surface area contributed by atoms with Crippen LogP contribution in [0.15, 0.2) is 34.0 Å². The van der Waals surface area contributed by atoms with Gasteiger partial charge in [0.25, 0.3) is 11.5 Å². The molecule has 1 N–H and O–H groups in total. The van der Waals surface area contributed by atoms with Crippen LogP contribution in [-0.4, -0.2) is 63.5 Å². The summed E-state index contributed by atoms with van der Waals surface area (Å²) >= 11 is 6.51. The number of rotatable bonds is 8. The molecule has 1 aromatic heterocycles. The first-order valence-corrected chi connectivity index (χ1v) is 13.8. The first-order valence-electron chi connectivity index (χ1n) is 12.6. The molecule has 0 aliphatic carbocycles. The van der Waals surface area contributed by atoms with E-state index < -0.39 is 11.5 Å². The molecule has 0 bridgehead atoms. The lowest BCUT2D eigenvalue weighted by molar-refractivity contribution is -0.137. The van der Waals surface area contributed by atoms with Crippen LogP contribution in [-0.2, 0) is 16.1 Å². The van der Waals surface area contributed by atoms with Gasteiger partial charge in [-0.25, -0.2) is 4.39 Å². The van der Waals surface area contributed by atoms with Crippen LogP contribution in [0.4, 0.5) is 15.9 Å². The zero-order valence-electron chi connectivity index (χ0n) is 21.6. The van der Waals surface area contributed by atoms with E-state index >= 15 is 0 Å². The van der Waals surface area contributed by atoms with Crippen molar-refractivity contribution in [2.24, 2.45) is 0 Å². The Labute approximate surface area is 235 Å². The number of hydrogen-bond donors (Lipinski definition) is 1. The third-order valence-corrected chi connectivity index (χ3v) is 8.23. The number of pyridine rings is 1. The summed E-state index contributed by atoms with van der Waals surface area (Å²) in [5.41, 5.74) is 1.18. The van der Waals surface area contributed by atoms with Crippen LogP contribution in [0.2, 0.25) is 0 Å². The van der Waals surface area contributed by atoms with Crippen molar-refractivity contribution in [3.8, 4) is 6.07 Å². The number of benzene rings is 1. The topological polar surface area (TPSA) is 110 Å². The number of nitriles is 1. The summed E-state index contributed by atoms with van der Waals surface area (Å²) in [6.45, 7) is 6.04. The maximum Gasteiger partial charge on any atom is 0.303 e. The number of carbonyl (C=O) groups excluding carboxylic acids is 1. The molecule has 39 heavy (non-hydrogen) atoms. The molecule has 2 aliphatic heterocycles. The fraction of sp³-hybridized carbons (Fsp3) is 0.370. The summed E-state index contributed by atoms with van der Waals surface area (Å²) in [7, 11) is 0. The predicted molar refractivity (Wildman–Crippen MR) is 153 cm³/mol. The number of anilines is 2. The summed E-state index contributed by atoms with van der Waals surface area (Å²) in [5, 5.41) is 18.7. The number of hydrogen-bond acceptors (Lipinski definition) is 8. The Hall–Kier alpha value is -3.69. The van der Waals surface area contributed by atoms with Gasteiger partial charge in [-0.2, -0.15) is 5.26 Å². The van der Waals surface area contributed by atoms with Crippen LogP contribution in [0.1, 0.15) is 36.5 Å². The van der Waals surface area contributed by atoms with E-state index in [0.29, 0.717) is 64.6 Å². The number of thiocarbonyl (C=S) groups is 1. The average molecular weight is 570 g/mol. The van der Waals surface area contributed by atoms with E-state index in [4.69, 9.17) is 17.3 Å². The van der Waals surface area contributed by atoms with Gasteiger partial charge in [0.2, 0.25) is 0 Å². The molecular formula is C27H28FN5O4S2. The van der Waals surface area contributed by atoms with Crippen LogP contribution in [0.3, 0.4) is 0 Å². The molecule has 0 unspecified atom stereocenters. The van der Waals surface area contributed by atoms with Gasteiger partial charge in [0, 0.05) is 51.3 Å². The summed E-state index contributed by atoms with van der Waals surface area (Å²) in [6, 6.07) is 8.63. The maximum atomic E-state index is 14.4. The molecule has 1 aromatic carbocycles. The maximum absolute atomic E-state index is 14.4. The molecule has 1 amide bonds. The Morgan fingerprint density at radius 1 is 1.21 bits per heavy atom. The second-order valence-electron chi connectivity index (χ2n) is 9.15. The van der Waals surface area contributed by atoms with E-state index in [1.54, 1.807) is 35.8 Å². The zero-order valence-corrected chi connectivity index (χ0v) is 23.3. The standard InChI is InChI=1S/C27H28FN5O4S2/c1-3-32-24(31-13-11-30(12-14-31)21-8-5-4-7-20(21)28)18(17(2)19(16-29)25(32)36)15-22-26(37)33(27(38)39-22)10-6-9-23(34)35/h4-5,7-8,15H,3,6,9-14H2,1-2H3,(H,34,35)/b22-15-. The van der Waals surface area contributed by atoms with E-state index in [1.165, 1.54) is 11.0 Å². The van der Waals surface area contributed by atoms with E-state index in [-0.39, 0.29) is 36.7 Å². The first-order chi connectivity index (χ1) is 18.7. The molecule has 0 atom stereocenters. The van der Waals surface area contributed by atoms with Gasteiger partial charge >= 0.3 is 5.97 Å². The Kier molecular flexibility index (Phi) is 8.72. The largest absolute Gasteiger partial charge is 0.481 e. The smallest absolute Gasteiger partial charge is 0.303 e. The number of thioether (sulfide) groups is 1. The highest BCUT2D eigenvalue weighted by molar-refractivity contribution is 8.26. The molecule has 9 nitrogen and oxygen atoms in total. The molecule has 2 saturated heterocycles. The number of amides is 1. The molecule has 3 heterocycles. The number of aromatic nitrogens is 1. The number of halogens is 1. The lowest BCUT2D eigenvalue weighted by Gasteiger charge is -2.39. The Morgan fingerprint density at radius 2 is 1.87 bits per heavy atom. The number of carboxylic acid groups (broad SMARTS) is 1. The minimum atomic E-state index is -0.947. The SMILES string of the molecule is CCn1c(N2CCN(c3ccccc3F)CC2)c(/C=C2\SC(=S)N(CCCC(=O)O)C2=O)c(C)c(C#N)c1=O. The second-order valence-corrected chi connectivity index (χ2v) is 10.8. The number of para-hydroxylation sites is 1. The molecule has 204 valence electrons. The van der Waals surface area contributed by atoms with Crippen LogP contribution < -0.4 is 15.4 Å². The predicted octanol–water partition coefficient (Wildman–Crippen LogP) is 3.58. The molecule has 2 aliphatic rings. The van der Waals surface area contributed by atoms with Gasteiger partial charge in [-0.15, -0.1) is 0 Å². The second kappa shape index (κ2) is 12.0. The lowest BCUT2D eigenvalue weighted by Crippen LogP contribution is -2.49. The Bertz CT molecular complexity index is 1460. The average Bonchev–Trinajstić information content (AvgIpc) is 3.18. The quantitative estimate of drug-likeness (QED) is 0.377. The molecule has 0 saturated carbocycles. The number of carboxylic acids is 1. The van der Waals surface area contributed by atoms with Gasteiger partial charge in [-0.05, 0) is 44.0 Å². The highest BCUT2D eigenvalue weighted by Gasteiger charge is 2.33. The molecule has 2 aromatic rings. The summed E-state index contributed by atoms with van der Waals surface area (Å²) < 4.78 is 16.3. The van der Waals surface area contributed by atoms with Crippen molar-refractivity contribution in [1.82, 2.24) is 9.47 Å². The van der Waals surface area contributed by atoms with E-state index in [1.807, 2.05) is 22.8 Å². The summed E-state index contributed by atoms with van der Waals surface area (Å²) in [5.74, 6) is -0.977. The molecular weight excluding hydrogens is 541 g/mol. The van der Waals surface area contributed by atoms with Crippen molar-refractivity contribution in [2.75, 3.05) is 42.5 Å². The van der Waals surface area contributed by atoms with Gasteiger partial charge in [-0.1, -0.05) is 36.1 Å². The Morgan fingerprint density at radius 3 is 2.49 bits per heavy atom.